The normalized spacial score (nSPS) is 9.94. The van der Waals surface area contributed by atoms with Gasteiger partial charge in [0.15, 0.2) is 5.15 Å². The van der Waals surface area contributed by atoms with Gasteiger partial charge in [0.1, 0.15) is 11.6 Å². The second-order valence-electron chi connectivity index (χ2n) is 3.24. The molecule has 0 aliphatic heterocycles. The average molecular weight is 311 g/mol. The Balaban J connectivity index is 2.51. The lowest BCUT2D eigenvalue weighted by Gasteiger charge is -2.06. The van der Waals surface area contributed by atoms with Crippen LogP contribution in [0, 0.1) is 0 Å². The number of amides is 2. The molecule has 0 saturated heterocycles. The van der Waals surface area contributed by atoms with Gasteiger partial charge in [-0.2, -0.15) is 0 Å². The molecule has 0 atom stereocenters. The molecule has 1 aromatic heterocycles. The molecule has 2 amide bonds. The number of carbonyl (C=O) groups excluding carboxylic acids is 2. The van der Waals surface area contributed by atoms with Gasteiger partial charge in [0, 0.05) is 12.4 Å². The largest absolute Gasteiger partial charge is 0.354 e. The van der Waals surface area contributed by atoms with E-state index in [1.54, 1.807) is 0 Å². The van der Waals surface area contributed by atoms with Crippen molar-refractivity contribution in [3.8, 4) is 0 Å². The van der Waals surface area contributed by atoms with E-state index in [1.807, 2.05) is 0 Å². The molecule has 0 aromatic carbocycles. The van der Waals surface area contributed by atoms with Gasteiger partial charge in [-0.25, -0.2) is 4.98 Å². The zero-order valence-corrected chi connectivity index (χ0v) is 11.4. The molecule has 1 aromatic rings. The maximum atomic E-state index is 11.5. The molecule has 18 heavy (non-hydrogen) atoms. The van der Waals surface area contributed by atoms with E-state index in [1.165, 1.54) is 12.1 Å². The van der Waals surface area contributed by atoms with Gasteiger partial charge in [-0.15, -0.1) is 11.6 Å². The van der Waals surface area contributed by atoms with Crippen LogP contribution in [0.2, 0.25) is 10.3 Å². The Kier molecular flexibility index (Phi) is 6.18. The minimum absolute atomic E-state index is 0.0667. The molecule has 0 saturated carbocycles. The summed E-state index contributed by atoms with van der Waals surface area (Å²) in [6.45, 7) is 0.316. The lowest BCUT2D eigenvalue weighted by molar-refractivity contribution is -0.126. The minimum Gasteiger partial charge on any atom is -0.354 e. The number of alkyl halides is 1. The first-order valence-electron chi connectivity index (χ1n) is 4.97. The van der Waals surface area contributed by atoms with E-state index in [-0.39, 0.29) is 16.7 Å². The number of halogens is 3. The van der Waals surface area contributed by atoms with E-state index in [2.05, 4.69) is 15.6 Å². The summed E-state index contributed by atoms with van der Waals surface area (Å²) >= 11 is 16.8. The van der Waals surface area contributed by atoms with Crippen LogP contribution < -0.4 is 10.6 Å². The summed E-state index contributed by atoms with van der Waals surface area (Å²) in [5.74, 6) is -0.611. The van der Waals surface area contributed by atoms with Crippen LogP contribution in [0.1, 0.15) is 6.42 Å². The summed E-state index contributed by atoms with van der Waals surface area (Å²) in [5.41, 5.74) is 0.302. The predicted octanol–water partition coefficient (Wildman–Crippen LogP) is 2.07. The van der Waals surface area contributed by atoms with Crippen LogP contribution >= 0.6 is 34.8 Å². The smallest absolute Gasteiger partial charge is 0.233 e. The molecule has 0 radical (unpaired) electrons. The van der Waals surface area contributed by atoms with E-state index in [0.717, 1.165) is 0 Å². The standard InChI is InChI=1S/C10H10Cl3N3O2/c11-3-4-14-8(17)5-9(18)15-6-1-2-7(12)16-10(6)13/h1-2H,3-5H2,(H,14,17)(H,15,18). The SMILES string of the molecule is O=C(CC(=O)Nc1ccc(Cl)nc1Cl)NCCCl. The van der Waals surface area contributed by atoms with Crippen LogP contribution in [0.25, 0.3) is 0 Å². The van der Waals surface area contributed by atoms with E-state index < -0.39 is 11.8 Å². The maximum absolute atomic E-state index is 11.5. The topological polar surface area (TPSA) is 71.1 Å². The van der Waals surface area contributed by atoms with E-state index >= 15 is 0 Å². The van der Waals surface area contributed by atoms with Gasteiger partial charge < -0.3 is 10.6 Å². The second kappa shape index (κ2) is 7.41. The third-order valence-corrected chi connectivity index (χ3v) is 2.51. The van der Waals surface area contributed by atoms with Crippen molar-refractivity contribution in [2.75, 3.05) is 17.7 Å². The molecule has 0 unspecified atom stereocenters. The fourth-order valence-corrected chi connectivity index (χ4v) is 1.58. The van der Waals surface area contributed by atoms with Gasteiger partial charge in [-0.3, -0.25) is 9.59 Å². The number of carbonyl (C=O) groups is 2. The average Bonchev–Trinajstić information content (AvgIpc) is 2.30. The van der Waals surface area contributed by atoms with Gasteiger partial charge in [-0.05, 0) is 12.1 Å². The number of anilines is 1. The van der Waals surface area contributed by atoms with Crippen LogP contribution in [-0.4, -0.2) is 29.2 Å². The summed E-state index contributed by atoms with van der Waals surface area (Å²) in [5, 5.41) is 5.22. The fourth-order valence-electron chi connectivity index (χ4n) is 1.09. The monoisotopic (exact) mass is 309 g/mol. The Morgan fingerprint density at radius 2 is 1.94 bits per heavy atom. The fraction of sp³-hybridized carbons (Fsp3) is 0.300. The van der Waals surface area contributed by atoms with Crippen molar-refractivity contribution in [1.29, 1.82) is 0 Å². The molecule has 5 nitrogen and oxygen atoms in total. The molecule has 0 spiro atoms. The zero-order chi connectivity index (χ0) is 13.5. The van der Waals surface area contributed by atoms with Crippen LogP contribution in [0.15, 0.2) is 12.1 Å². The van der Waals surface area contributed by atoms with Crippen LogP contribution in [0.3, 0.4) is 0 Å². The Morgan fingerprint density at radius 1 is 1.22 bits per heavy atom. The molecule has 98 valence electrons. The Hall–Kier alpha value is -1.04. The summed E-state index contributed by atoms with van der Waals surface area (Å²) in [4.78, 5) is 26.5. The van der Waals surface area contributed by atoms with Gasteiger partial charge in [0.2, 0.25) is 11.8 Å². The zero-order valence-electron chi connectivity index (χ0n) is 9.17. The lowest BCUT2D eigenvalue weighted by atomic mass is 10.3. The van der Waals surface area contributed by atoms with Crippen LogP contribution in [0.4, 0.5) is 5.69 Å². The highest BCUT2D eigenvalue weighted by Crippen LogP contribution is 2.21. The number of hydrogen-bond acceptors (Lipinski definition) is 3. The molecule has 2 N–H and O–H groups in total. The molecular weight excluding hydrogens is 300 g/mol. The van der Waals surface area contributed by atoms with Gasteiger partial charge in [0.05, 0.1) is 5.69 Å². The second-order valence-corrected chi connectivity index (χ2v) is 4.36. The van der Waals surface area contributed by atoms with Crippen molar-refractivity contribution < 1.29 is 9.59 Å². The van der Waals surface area contributed by atoms with E-state index in [9.17, 15) is 9.59 Å². The number of rotatable bonds is 5. The van der Waals surface area contributed by atoms with Crippen molar-refractivity contribution in [2.45, 2.75) is 6.42 Å². The highest BCUT2D eigenvalue weighted by molar-refractivity contribution is 6.34. The Bertz CT molecular complexity index is 454. The number of aromatic nitrogens is 1. The number of hydrogen-bond donors (Lipinski definition) is 2. The molecule has 1 rings (SSSR count). The van der Waals surface area contributed by atoms with Gasteiger partial charge in [0.25, 0.3) is 0 Å². The Labute approximate surface area is 119 Å². The number of nitrogens with one attached hydrogen (secondary N) is 2. The highest BCUT2D eigenvalue weighted by Gasteiger charge is 2.11. The van der Waals surface area contributed by atoms with E-state index in [4.69, 9.17) is 34.8 Å². The third-order valence-electron chi connectivity index (χ3n) is 1.83. The van der Waals surface area contributed by atoms with Gasteiger partial charge in [-0.1, -0.05) is 23.2 Å². The number of pyridine rings is 1. The first-order chi connectivity index (χ1) is 8.52. The molecule has 0 bridgehead atoms. The molecular formula is C10H10Cl3N3O2. The van der Waals surface area contributed by atoms with E-state index in [0.29, 0.717) is 18.1 Å². The van der Waals surface area contributed by atoms with Crippen molar-refractivity contribution in [3.05, 3.63) is 22.4 Å². The first-order valence-corrected chi connectivity index (χ1v) is 6.26. The van der Waals surface area contributed by atoms with Crippen molar-refractivity contribution in [1.82, 2.24) is 10.3 Å². The predicted molar refractivity (Wildman–Crippen MR) is 71.2 cm³/mol. The maximum Gasteiger partial charge on any atom is 0.233 e. The highest BCUT2D eigenvalue weighted by atomic mass is 35.5. The molecule has 0 aliphatic rings. The van der Waals surface area contributed by atoms with Crippen molar-refractivity contribution in [3.63, 3.8) is 0 Å². The third kappa shape index (κ3) is 5.08. The van der Waals surface area contributed by atoms with Crippen molar-refractivity contribution >= 4 is 52.3 Å². The van der Waals surface area contributed by atoms with Crippen LogP contribution in [-0.2, 0) is 9.59 Å². The molecule has 0 fully saturated rings. The quantitative estimate of drug-likeness (QED) is 0.497. The lowest BCUT2D eigenvalue weighted by Crippen LogP contribution is -2.29. The minimum atomic E-state index is -0.493. The first kappa shape index (κ1) is 15.0. The molecule has 0 aliphatic carbocycles. The molecule has 1 heterocycles. The molecule has 8 heteroatoms. The van der Waals surface area contributed by atoms with Gasteiger partial charge >= 0.3 is 0 Å². The Morgan fingerprint density at radius 3 is 2.56 bits per heavy atom. The number of nitrogens with zero attached hydrogens (tertiary/aromatic N) is 1. The summed E-state index contributed by atoms with van der Waals surface area (Å²) in [7, 11) is 0. The summed E-state index contributed by atoms with van der Waals surface area (Å²) in [6, 6.07) is 2.99. The summed E-state index contributed by atoms with van der Waals surface area (Å²) in [6.07, 6.45) is -0.310. The summed E-state index contributed by atoms with van der Waals surface area (Å²) < 4.78 is 0. The van der Waals surface area contributed by atoms with Crippen LogP contribution in [0.5, 0.6) is 0 Å². The van der Waals surface area contributed by atoms with Crippen molar-refractivity contribution in [2.24, 2.45) is 0 Å².